The lowest BCUT2D eigenvalue weighted by atomic mass is 10.1. The van der Waals surface area contributed by atoms with Gasteiger partial charge in [-0.1, -0.05) is 69.0 Å². The summed E-state index contributed by atoms with van der Waals surface area (Å²) in [5, 5.41) is 4.56. The van der Waals surface area contributed by atoms with Gasteiger partial charge in [-0.25, -0.2) is 0 Å². The van der Waals surface area contributed by atoms with Gasteiger partial charge in [-0.2, -0.15) is 0 Å². The Morgan fingerprint density at radius 3 is 2.41 bits per heavy atom. The van der Waals surface area contributed by atoms with Crippen LogP contribution in [-0.2, 0) is 13.2 Å². The standard InChI is InChI=1S/C22H20BrCl2NO/c1-14-3-8-21(15(2)9-14)26-12-17-10-19(24)11-20(25)22(17)27-13-16-4-6-18(23)7-5-16/h3-11,26H,12-13H2,1-2H3. The van der Waals surface area contributed by atoms with Gasteiger partial charge in [0, 0.05) is 27.3 Å². The average molecular weight is 465 g/mol. The van der Waals surface area contributed by atoms with Crippen LogP contribution in [0.15, 0.2) is 59.1 Å². The van der Waals surface area contributed by atoms with E-state index in [-0.39, 0.29) is 0 Å². The first-order valence-electron chi connectivity index (χ1n) is 8.58. The Balaban J connectivity index is 1.78. The van der Waals surface area contributed by atoms with Gasteiger partial charge in [-0.05, 0) is 55.3 Å². The Morgan fingerprint density at radius 1 is 0.963 bits per heavy atom. The topological polar surface area (TPSA) is 21.3 Å². The number of hydrogen-bond acceptors (Lipinski definition) is 2. The zero-order chi connectivity index (χ0) is 19.4. The number of hydrogen-bond donors (Lipinski definition) is 1. The van der Waals surface area contributed by atoms with Gasteiger partial charge in [0.25, 0.3) is 0 Å². The smallest absolute Gasteiger partial charge is 0.143 e. The molecule has 0 bridgehead atoms. The molecule has 0 amide bonds. The molecule has 0 saturated heterocycles. The van der Waals surface area contributed by atoms with E-state index in [2.05, 4.69) is 53.3 Å². The van der Waals surface area contributed by atoms with E-state index >= 15 is 0 Å². The second-order valence-corrected chi connectivity index (χ2v) is 8.22. The molecule has 3 rings (SSSR count). The molecule has 0 aliphatic rings. The third-order valence-corrected chi connectivity index (χ3v) is 5.26. The maximum absolute atomic E-state index is 6.42. The molecule has 0 aromatic heterocycles. The highest BCUT2D eigenvalue weighted by Crippen LogP contribution is 2.34. The molecular weight excluding hydrogens is 445 g/mol. The van der Waals surface area contributed by atoms with Crippen molar-refractivity contribution in [3.8, 4) is 5.75 Å². The normalized spacial score (nSPS) is 10.7. The van der Waals surface area contributed by atoms with Crippen LogP contribution in [0.2, 0.25) is 10.0 Å². The molecule has 5 heteroatoms. The minimum absolute atomic E-state index is 0.436. The summed E-state index contributed by atoms with van der Waals surface area (Å²) in [6.07, 6.45) is 0. The highest BCUT2D eigenvalue weighted by atomic mass is 79.9. The minimum atomic E-state index is 0.436. The molecule has 140 valence electrons. The quantitative estimate of drug-likeness (QED) is 0.406. The monoisotopic (exact) mass is 463 g/mol. The van der Waals surface area contributed by atoms with E-state index in [4.69, 9.17) is 27.9 Å². The lowest BCUT2D eigenvalue weighted by molar-refractivity contribution is 0.303. The fourth-order valence-corrected chi connectivity index (χ4v) is 3.70. The second kappa shape index (κ2) is 9.01. The predicted octanol–water partition coefficient (Wildman–Crippen LogP) is 7.56. The minimum Gasteiger partial charge on any atom is -0.487 e. The molecule has 3 aromatic carbocycles. The highest BCUT2D eigenvalue weighted by molar-refractivity contribution is 9.10. The van der Waals surface area contributed by atoms with Crippen LogP contribution in [0.25, 0.3) is 0 Å². The Bertz CT molecular complexity index is 942. The maximum Gasteiger partial charge on any atom is 0.143 e. The molecule has 0 radical (unpaired) electrons. The van der Waals surface area contributed by atoms with Crippen molar-refractivity contribution in [2.24, 2.45) is 0 Å². The Hall–Kier alpha value is -1.68. The summed E-state index contributed by atoms with van der Waals surface area (Å²) < 4.78 is 7.08. The fraction of sp³-hybridized carbons (Fsp3) is 0.182. The summed E-state index contributed by atoms with van der Waals surface area (Å²) in [6.45, 7) is 5.18. The summed E-state index contributed by atoms with van der Waals surface area (Å²) in [4.78, 5) is 0. The van der Waals surface area contributed by atoms with E-state index in [0.29, 0.717) is 28.9 Å². The maximum atomic E-state index is 6.42. The molecule has 0 fully saturated rings. The first-order valence-corrected chi connectivity index (χ1v) is 10.1. The van der Waals surface area contributed by atoms with Gasteiger partial charge in [-0.15, -0.1) is 0 Å². The molecule has 2 nitrogen and oxygen atoms in total. The number of halogens is 3. The van der Waals surface area contributed by atoms with Crippen molar-refractivity contribution in [1.82, 2.24) is 0 Å². The third-order valence-electron chi connectivity index (χ3n) is 4.23. The lowest BCUT2D eigenvalue weighted by Crippen LogP contribution is -2.05. The Labute approximate surface area is 178 Å². The number of nitrogens with one attached hydrogen (secondary N) is 1. The van der Waals surface area contributed by atoms with Crippen LogP contribution in [0.5, 0.6) is 5.75 Å². The molecule has 1 N–H and O–H groups in total. The molecule has 0 saturated carbocycles. The largest absolute Gasteiger partial charge is 0.487 e. The molecule has 27 heavy (non-hydrogen) atoms. The number of rotatable bonds is 6. The Kier molecular flexibility index (Phi) is 6.69. The Morgan fingerprint density at radius 2 is 1.70 bits per heavy atom. The van der Waals surface area contributed by atoms with Crippen molar-refractivity contribution < 1.29 is 4.74 Å². The summed E-state index contributed by atoms with van der Waals surface area (Å²) in [7, 11) is 0. The van der Waals surface area contributed by atoms with Crippen molar-refractivity contribution in [3.05, 3.63) is 91.4 Å². The van der Waals surface area contributed by atoms with Gasteiger partial charge in [0.2, 0.25) is 0 Å². The first-order chi connectivity index (χ1) is 12.9. The van der Waals surface area contributed by atoms with Crippen LogP contribution in [0.1, 0.15) is 22.3 Å². The van der Waals surface area contributed by atoms with Crippen LogP contribution < -0.4 is 10.1 Å². The van der Waals surface area contributed by atoms with Gasteiger partial charge in [0.1, 0.15) is 12.4 Å². The number of ether oxygens (including phenoxy) is 1. The first kappa shape index (κ1) is 20.1. The van der Waals surface area contributed by atoms with Crippen molar-refractivity contribution >= 4 is 44.8 Å². The van der Waals surface area contributed by atoms with Crippen LogP contribution >= 0.6 is 39.1 Å². The van der Waals surface area contributed by atoms with Crippen LogP contribution in [0.4, 0.5) is 5.69 Å². The SMILES string of the molecule is Cc1ccc(NCc2cc(Cl)cc(Cl)c2OCc2ccc(Br)cc2)c(C)c1. The molecule has 0 unspecified atom stereocenters. The van der Waals surface area contributed by atoms with Crippen molar-refractivity contribution in [3.63, 3.8) is 0 Å². The number of anilines is 1. The zero-order valence-electron chi connectivity index (χ0n) is 15.2. The van der Waals surface area contributed by atoms with Crippen LogP contribution in [0, 0.1) is 13.8 Å². The van der Waals surface area contributed by atoms with E-state index in [9.17, 15) is 0 Å². The van der Waals surface area contributed by atoms with Gasteiger partial charge in [0.05, 0.1) is 5.02 Å². The molecular formula is C22H20BrCl2NO. The summed E-state index contributed by atoms with van der Waals surface area (Å²) in [5.41, 5.74) is 5.50. The average Bonchev–Trinajstić information content (AvgIpc) is 2.61. The van der Waals surface area contributed by atoms with Crippen molar-refractivity contribution in [2.45, 2.75) is 27.0 Å². The van der Waals surface area contributed by atoms with Gasteiger partial charge >= 0.3 is 0 Å². The lowest BCUT2D eigenvalue weighted by Gasteiger charge is -2.16. The van der Waals surface area contributed by atoms with Crippen molar-refractivity contribution in [1.29, 1.82) is 0 Å². The van der Waals surface area contributed by atoms with E-state index in [1.165, 1.54) is 11.1 Å². The summed E-state index contributed by atoms with van der Waals surface area (Å²) >= 11 is 16.1. The highest BCUT2D eigenvalue weighted by Gasteiger charge is 2.12. The van der Waals surface area contributed by atoms with Gasteiger partial charge in [-0.3, -0.25) is 0 Å². The predicted molar refractivity (Wildman–Crippen MR) is 118 cm³/mol. The molecule has 0 heterocycles. The third kappa shape index (κ3) is 5.41. The summed E-state index contributed by atoms with van der Waals surface area (Å²) in [5.74, 6) is 0.654. The van der Waals surface area contributed by atoms with E-state index < -0.39 is 0 Å². The molecule has 0 spiro atoms. The second-order valence-electron chi connectivity index (χ2n) is 6.46. The molecule has 0 atom stereocenters. The molecule has 0 aliphatic heterocycles. The van der Waals surface area contributed by atoms with E-state index in [0.717, 1.165) is 21.3 Å². The molecule has 3 aromatic rings. The number of benzene rings is 3. The van der Waals surface area contributed by atoms with Crippen LogP contribution in [0.3, 0.4) is 0 Å². The van der Waals surface area contributed by atoms with E-state index in [1.54, 1.807) is 6.07 Å². The van der Waals surface area contributed by atoms with E-state index in [1.807, 2.05) is 30.3 Å². The fourth-order valence-electron chi connectivity index (χ4n) is 2.85. The zero-order valence-corrected chi connectivity index (χ0v) is 18.3. The van der Waals surface area contributed by atoms with Crippen LogP contribution in [-0.4, -0.2) is 0 Å². The number of aryl methyl sites for hydroxylation is 2. The molecule has 0 aliphatic carbocycles. The van der Waals surface area contributed by atoms with Gasteiger partial charge in [0.15, 0.2) is 0 Å². The summed E-state index contributed by atoms with van der Waals surface area (Å²) in [6, 6.07) is 17.9. The van der Waals surface area contributed by atoms with Gasteiger partial charge < -0.3 is 10.1 Å². The van der Waals surface area contributed by atoms with Crippen molar-refractivity contribution in [2.75, 3.05) is 5.32 Å².